The number of carbonyl (C=O) groups excluding carboxylic acids is 2. The maximum atomic E-state index is 12.0. The molecule has 5 heteroatoms. The minimum absolute atomic E-state index is 0.00661. The van der Waals surface area contributed by atoms with Crippen LogP contribution in [0.4, 0.5) is 0 Å². The molecule has 1 aliphatic carbocycles. The normalized spacial score (nSPS) is 23.2. The van der Waals surface area contributed by atoms with Crippen LogP contribution in [0, 0.1) is 5.92 Å². The number of fused-ring (bicyclic) bond motifs is 1. The smallest absolute Gasteiger partial charge is 0.223 e. The number of carbonyl (C=O) groups is 2. The number of nitrogens with one attached hydrogen (secondary N) is 2. The van der Waals surface area contributed by atoms with E-state index in [0.29, 0.717) is 26.1 Å². The molecule has 1 saturated heterocycles. The quantitative estimate of drug-likeness (QED) is 0.785. The summed E-state index contributed by atoms with van der Waals surface area (Å²) >= 11 is 0. The van der Waals surface area contributed by atoms with Gasteiger partial charge in [-0.2, -0.15) is 0 Å². The molecule has 24 heavy (non-hydrogen) atoms. The van der Waals surface area contributed by atoms with Crippen molar-refractivity contribution < 1.29 is 14.3 Å². The number of amides is 2. The van der Waals surface area contributed by atoms with Crippen LogP contribution in [-0.2, 0) is 20.7 Å². The Labute approximate surface area is 143 Å². The van der Waals surface area contributed by atoms with Crippen LogP contribution in [0.3, 0.4) is 0 Å². The molecule has 0 unspecified atom stereocenters. The molecule has 0 aromatic heterocycles. The zero-order valence-corrected chi connectivity index (χ0v) is 14.1. The van der Waals surface area contributed by atoms with E-state index in [4.69, 9.17) is 4.74 Å². The lowest BCUT2D eigenvalue weighted by molar-refractivity contribution is -0.132. The zero-order valence-electron chi connectivity index (χ0n) is 14.1. The molecule has 1 fully saturated rings. The Balaban J connectivity index is 1.36. The molecule has 130 valence electrons. The lowest BCUT2D eigenvalue weighted by Crippen LogP contribution is -2.41. The highest BCUT2D eigenvalue weighted by Crippen LogP contribution is 2.32. The summed E-state index contributed by atoms with van der Waals surface area (Å²) in [5.41, 5.74) is 2.72. The highest BCUT2D eigenvalue weighted by Gasteiger charge is 2.25. The Hall–Kier alpha value is -1.88. The second-order valence-electron chi connectivity index (χ2n) is 6.63. The highest BCUT2D eigenvalue weighted by atomic mass is 16.5. The number of ether oxygens (including phenoxy) is 1. The fourth-order valence-corrected chi connectivity index (χ4v) is 3.54. The van der Waals surface area contributed by atoms with Gasteiger partial charge in [0.25, 0.3) is 0 Å². The third-order valence-electron chi connectivity index (χ3n) is 4.87. The fourth-order valence-electron chi connectivity index (χ4n) is 3.54. The summed E-state index contributed by atoms with van der Waals surface area (Å²) in [5.74, 6) is -0.210. The average Bonchev–Trinajstić information content (AvgIpc) is 2.61. The standard InChI is InChI=1S/C19H26N2O3/c22-18-13-15(9-11-20-18)19(23)21-10-4-12-24-17-8-3-6-14-5-1-2-7-16(14)17/h1-2,5,7,15,17H,3-4,6,8-13H2,(H,20,22)(H,21,23)/t15-,17+/m1/s1. The Morgan fingerprint density at radius 3 is 3.04 bits per heavy atom. The molecule has 1 aromatic rings. The summed E-state index contributed by atoms with van der Waals surface area (Å²) in [6, 6.07) is 8.50. The van der Waals surface area contributed by atoms with Crippen LogP contribution in [0.2, 0.25) is 0 Å². The fraction of sp³-hybridized carbons (Fsp3) is 0.579. The van der Waals surface area contributed by atoms with Gasteiger partial charge in [-0.25, -0.2) is 0 Å². The summed E-state index contributed by atoms with van der Waals surface area (Å²) in [6.07, 6.45) is 5.40. The molecule has 2 N–H and O–H groups in total. The van der Waals surface area contributed by atoms with Crippen molar-refractivity contribution in [2.75, 3.05) is 19.7 Å². The molecule has 1 heterocycles. The molecule has 2 atom stereocenters. The van der Waals surface area contributed by atoms with Crippen LogP contribution >= 0.6 is 0 Å². The Morgan fingerprint density at radius 1 is 1.29 bits per heavy atom. The first kappa shape index (κ1) is 17.0. The van der Waals surface area contributed by atoms with E-state index in [-0.39, 0.29) is 23.8 Å². The van der Waals surface area contributed by atoms with E-state index in [1.165, 1.54) is 17.5 Å². The number of benzene rings is 1. The van der Waals surface area contributed by atoms with E-state index >= 15 is 0 Å². The molecule has 0 bridgehead atoms. The Kier molecular flexibility index (Phi) is 5.86. The molecule has 5 nitrogen and oxygen atoms in total. The Bertz CT molecular complexity index is 588. The number of hydrogen-bond acceptors (Lipinski definition) is 3. The molecule has 2 amide bonds. The van der Waals surface area contributed by atoms with E-state index < -0.39 is 0 Å². The molecule has 0 radical (unpaired) electrons. The van der Waals surface area contributed by atoms with Gasteiger partial charge < -0.3 is 15.4 Å². The molecule has 1 aromatic carbocycles. The first-order chi connectivity index (χ1) is 11.7. The van der Waals surface area contributed by atoms with Crippen molar-refractivity contribution >= 4 is 11.8 Å². The van der Waals surface area contributed by atoms with Crippen LogP contribution in [-0.4, -0.2) is 31.5 Å². The zero-order chi connectivity index (χ0) is 16.8. The predicted octanol–water partition coefficient (Wildman–Crippen LogP) is 2.11. The van der Waals surface area contributed by atoms with Crippen molar-refractivity contribution in [1.82, 2.24) is 10.6 Å². The van der Waals surface area contributed by atoms with Crippen molar-refractivity contribution in [3.8, 4) is 0 Å². The first-order valence-corrected chi connectivity index (χ1v) is 8.98. The van der Waals surface area contributed by atoms with Crippen LogP contribution < -0.4 is 10.6 Å². The van der Waals surface area contributed by atoms with E-state index in [2.05, 4.69) is 34.9 Å². The second kappa shape index (κ2) is 8.29. The topological polar surface area (TPSA) is 67.4 Å². The Morgan fingerprint density at radius 2 is 2.17 bits per heavy atom. The SMILES string of the molecule is O=C1C[C@H](C(=O)NCCCO[C@H]2CCCc3ccccc32)CCN1. The molecular formula is C19H26N2O3. The average molecular weight is 330 g/mol. The van der Waals surface area contributed by atoms with Gasteiger partial charge in [-0.3, -0.25) is 9.59 Å². The summed E-state index contributed by atoms with van der Waals surface area (Å²) < 4.78 is 6.04. The molecule has 3 rings (SSSR count). The maximum absolute atomic E-state index is 12.0. The van der Waals surface area contributed by atoms with Crippen molar-refractivity contribution in [3.63, 3.8) is 0 Å². The van der Waals surface area contributed by atoms with Crippen LogP contribution in [0.15, 0.2) is 24.3 Å². The summed E-state index contributed by atoms with van der Waals surface area (Å²) in [6.45, 7) is 1.84. The van der Waals surface area contributed by atoms with Crippen molar-refractivity contribution in [2.45, 2.75) is 44.6 Å². The first-order valence-electron chi connectivity index (χ1n) is 8.98. The van der Waals surface area contributed by atoms with Crippen molar-refractivity contribution in [2.24, 2.45) is 5.92 Å². The van der Waals surface area contributed by atoms with Crippen molar-refractivity contribution in [3.05, 3.63) is 35.4 Å². The van der Waals surface area contributed by atoms with Gasteiger partial charge in [-0.1, -0.05) is 24.3 Å². The van der Waals surface area contributed by atoms with Crippen LogP contribution in [0.25, 0.3) is 0 Å². The van der Waals surface area contributed by atoms with Gasteiger partial charge in [0.1, 0.15) is 0 Å². The molecular weight excluding hydrogens is 304 g/mol. The lowest BCUT2D eigenvalue weighted by atomic mass is 9.89. The third kappa shape index (κ3) is 4.35. The number of hydrogen-bond donors (Lipinski definition) is 2. The molecule has 0 spiro atoms. The predicted molar refractivity (Wildman–Crippen MR) is 91.4 cm³/mol. The van der Waals surface area contributed by atoms with Crippen LogP contribution in [0.1, 0.15) is 49.3 Å². The summed E-state index contributed by atoms with van der Waals surface area (Å²) in [7, 11) is 0. The number of rotatable bonds is 6. The van der Waals surface area contributed by atoms with Crippen molar-refractivity contribution in [1.29, 1.82) is 0 Å². The summed E-state index contributed by atoms with van der Waals surface area (Å²) in [4.78, 5) is 23.4. The molecule has 1 aliphatic heterocycles. The van der Waals surface area contributed by atoms with Gasteiger partial charge in [-0.15, -0.1) is 0 Å². The minimum atomic E-state index is -0.176. The molecule has 2 aliphatic rings. The lowest BCUT2D eigenvalue weighted by Gasteiger charge is -2.25. The summed E-state index contributed by atoms with van der Waals surface area (Å²) in [5, 5.41) is 5.68. The van der Waals surface area contributed by atoms with Gasteiger partial charge in [0.2, 0.25) is 11.8 Å². The third-order valence-corrected chi connectivity index (χ3v) is 4.87. The van der Waals surface area contributed by atoms with Crippen LogP contribution in [0.5, 0.6) is 0 Å². The van der Waals surface area contributed by atoms with Gasteiger partial charge in [0.15, 0.2) is 0 Å². The van der Waals surface area contributed by atoms with E-state index in [0.717, 1.165) is 25.7 Å². The minimum Gasteiger partial charge on any atom is -0.373 e. The number of aryl methyl sites for hydroxylation is 1. The van der Waals surface area contributed by atoms with Gasteiger partial charge in [0.05, 0.1) is 6.10 Å². The highest BCUT2D eigenvalue weighted by molar-refractivity contribution is 5.86. The van der Waals surface area contributed by atoms with E-state index in [9.17, 15) is 9.59 Å². The van der Waals surface area contributed by atoms with Gasteiger partial charge in [0, 0.05) is 32.0 Å². The van der Waals surface area contributed by atoms with E-state index in [1.807, 2.05) is 0 Å². The molecule has 0 saturated carbocycles. The largest absolute Gasteiger partial charge is 0.373 e. The monoisotopic (exact) mass is 330 g/mol. The van der Waals surface area contributed by atoms with E-state index in [1.54, 1.807) is 0 Å². The second-order valence-corrected chi connectivity index (χ2v) is 6.63. The number of piperidine rings is 1. The van der Waals surface area contributed by atoms with Gasteiger partial charge >= 0.3 is 0 Å². The van der Waals surface area contributed by atoms with Gasteiger partial charge in [-0.05, 0) is 43.2 Å². The maximum Gasteiger partial charge on any atom is 0.223 e.